The molecule has 1 heterocycles. The first-order valence-corrected chi connectivity index (χ1v) is 7.82. The van der Waals surface area contributed by atoms with Gasteiger partial charge in [-0.05, 0) is 41.9 Å². The third-order valence-electron chi connectivity index (χ3n) is 4.46. The monoisotopic (exact) mass is 286 g/mol. The van der Waals surface area contributed by atoms with Crippen molar-refractivity contribution in [2.24, 2.45) is 5.92 Å². The van der Waals surface area contributed by atoms with Gasteiger partial charge in [0.05, 0.1) is 0 Å². The van der Waals surface area contributed by atoms with Gasteiger partial charge in [0.2, 0.25) is 0 Å². The molecule has 2 heteroatoms. The van der Waals surface area contributed by atoms with Crippen LogP contribution in [0, 0.1) is 5.92 Å². The molecular weight excluding hydrogens is 268 g/mol. The van der Waals surface area contributed by atoms with Crippen molar-refractivity contribution in [2.45, 2.75) is 18.8 Å². The van der Waals surface area contributed by atoms with Crippen molar-refractivity contribution in [3.63, 3.8) is 0 Å². The summed E-state index contributed by atoms with van der Waals surface area (Å²) >= 11 is 0. The first-order chi connectivity index (χ1) is 10.9. The molecule has 3 aromatic rings. The van der Waals surface area contributed by atoms with Crippen LogP contribution in [0.4, 0.5) is 0 Å². The van der Waals surface area contributed by atoms with Gasteiger partial charge < -0.3 is 0 Å². The van der Waals surface area contributed by atoms with Gasteiger partial charge in [-0.25, -0.2) is 9.97 Å². The third-order valence-corrected chi connectivity index (χ3v) is 4.46. The number of benzene rings is 2. The molecule has 0 N–H and O–H groups in total. The van der Waals surface area contributed by atoms with Gasteiger partial charge in [-0.1, -0.05) is 54.6 Å². The van der Waals surface area contributed by atoms with Crippen LogP contribution in [-0.2, 0) is 6.42 Å². The summed E-state index contributed by atoms with van der Waals surface area (Å²) in [6, 6.07) is 21.2. The average molecular weight is 286 g/mol. The highest BCUT2D eigenvalue weighted by molar-refractivity contribution is 5.60. The van der Waals surface area contributed by atoms with E-state index >= 15 is 0 Å². The minimum Gasteiger partial charge on any atom is -0.237 e. The topological polar surface area (TPSA) is 25.8 Å². The first-order valence-electron chi connectivity index (χ1n) is 7.82. The van der Waals surface area contributed by atoms with Crippen LogP contribution in [0.25, 0.3) is 11.4 Å². The Balaban J connectivity index is 1.56. The van der Waals surface area contributed by atoms with E-state index in [1.54, 1.807) is 0 Å². The number of aromatic nitrogens is 2. The molecule has 1 aromatic heterocycles. The zero-order valence-corrected chi connectivity index (χ0v) is 12.4. The second-order valence-electron chi connectivity index (χ2n) is 5.95. The third kappa shape index (κ3) is 2.64. The van der Waals surface area contributed by atoms with E-state index in [4.69, 9.17) is 0 Å². The van der Waals surface area contributed by atoms with Crippen molar-refractivity contribution in [2.75, 3.05) is 0 Å². The molecule has 1 aliphatic carbocycles. The lowest BCUT2D eigenvalue weighted by Crippen LogP contribution is -1.96. The molecule has 0 unspecified atom stereocenters. The molecule has 0 radical (unpaired) electrons. The predicted molar refractivity (Wildman–Crippen MR) is 88.5 cm³/mol. The Morgan fingerprint density at radius 2 is 1.55 bits per heavy atom. The zero-order chi connectivity index (χ0) is 14.8. The summed E-state index contributed by atoms with van der Waals surface area (Å²) in [5.74, 6) is 2.29. The Labute approximate surface area is 130 Å². The zero-order valence-electron chi connectivity index (χ0n) is 12.4. The molecule has 22 heavy (non-hydrogen) atoms. The second-order valence-corrected chi connectivity index (χ2v) is 5.95. The van der Waals surface area contributed by atoms with Crippen LogP contribution in [-0.4, -0.2) is 9.97 Å². The first kappa shape index (κ1) is 13.2. The maximum Gasteiger partial charge on any atom is 0.159 e. The van der Waals surface area contributed by atoms with Crippen LogP contribution in [0.15, 0.2) is 73.1 Å². The van der Waals surface area contributed by atoms with Gasteiger partial charge in [-0.2, -0.15) is 0 Å². The Morgan fingerprint density at radius 1 is 0.818 bits per heavy atom. The van der Waals surface area contributed by atoms with E-state index in [1.165, 1.54) is 23.1 Å². The van der Waals surface area contributed by atoms with Gasteiger partial charge in [0.25, 0.3) is 0 Å². The summed E-state index contributed by atoms with van der Waals surface area (Å²) < 4.78 is 0. The van der Waals surface area contributed by atoms with Crippen LogP contribution in [0.1, 0.15) is 23.5 Å². The smallest absolute Gasteiger partial charge is 0.159 e. The summed E-state index contributed by atoms with van der Waals surface area (Å²) in [5, 5.41) is 0. The summed E-state index contributed by atoms with van der Waals surface area (Å²) in [6.07, 6.45) is 6.01. The SMILES string of the molecule is c1ccc([C@@H]2C[C@@H]2Cc2ccccc2-c2ncccn2)cc1. The highest BCUT2D eigenvalue weighted by Crippen LogP contribution is 2.49. The van der Waals surface area contributed by atoms with Gasteiger partial charge >= 0.3 is 0 Å². The molecule has 2 atom stereocenters. The van der Waals surface area contributed by atoms with E-state index in [-0.39, 0.29) is 0 Å². The standard InChI is InChI=1S/C20H18N2/c1-2-7-15(8-3-1)19-14-17(19)13-16-9-4-5-10-18(16)20-21-11-6-12-22-20/h1-12,17,19H,13-14H2/t17-,19-/m0/s1. The molecule has 108 valence electrons. The average Bonchev–Trinajstić information content (AvgIpc) is 3.36. The molecule has 2 nitrogen and oxygen atoms in total. The molecule has 0 spiro atoms. The highest BCUT2D eigenvalue weighted by Gasteiger charge is 2.38. The maximum absolute atomic E-state index is 4.40. The minimum atomic E-state index is 0.714. The van der Waals surface area contributed by atoms with Crippen molar-refractivity contribution < 1.29 is 0 Å². The van der Waals surface area contributed by atoms with Crippen molar-refractivity contribution >= 4 is 0 Å². The number of nitrogens with zero attached hydrogens (tertiary/aromatic N) is 2. The molecule has 0 aliphatic heterocycles. The maximum atomic E-state index is 4.40. The lowest BCUT2D eigenvalue weighted by molar-refractivity contribution is 0.795. The van der Waals surface area contributed by atoms with Gasteiger partial charge in [0.1, 0.15) is 0 Å². The lowest BCUT2D eigenvalue weighted by atomic mass is 9.99. The van der Waals surface area contributed by atoms with Crippen molar-refractivity contribution in [1.29, 1.82) is 0 Å². The molecule has 2 aromatic carbocycles. The normalized spacial score (nSPS) is 19.8. The van der Waals surface area contributed by atoms with Crippen LogP contribution in [0.3, 0.4) is 0 Å². The highest BCUT2D eigenvalue weighted by atomic mass is 14.9. The Morgan fingerprint density at radius 3 is 2.36 bits per heavy atom. The second kappa shape index (κ2) is 5.72. The fourth-order valence-electron chi connectivity index (χ4n) is 3.22. The molecule has 1 saturated carbocycles. The van der Waals surface area contributed by atoms with Gasteiger partial charge in [-0.15, -0.1) is 0 Å². The van der Waals surface area contributed by atoms with Gasteiger partial charge in [0.15, 0.2) is 5.82 Å². The summed E-state index contributed by atoms with van der Waals surface area (Å²) in [7, 11) is 0. The van der Waals surface area contributed by atoms with Crippen molar-refractivity contribution in [1.82, 2.24) is 9.97 Å². The van der Waals surface area contributed by atoms with E-state index < -0.39 is 0 Å². The number of hydrogen-bond donors (Lipinski definition) is 0. The summed E-state index contributed by atoms with van der Waals surface area (Å²) in [5.41, 5.74) is 4.00. The van der Waals surface area contributed by atoms with E-state index in [0.29, 0.717) is 5.92 Å². The molecule has 0 saturated heterocycles. The van der Waals surface area contributed by atoms with E-state index in [1.807, 2.05) is 18.5 Å². The molecular formula is C20H18N2. The predicted octanol–water partition coefficient (Wildman–Crippen LogP) is 4.49. The van der Waals surface area contributed by atoms with E-state index in [9.17, 15) is 0 Å². The van der Waals surface area contributed by atoms with E-state index in [0.717, 1.165) is 18.2 Å². The van der Waals surface area contributed by atoms with Crippen LogP contribution in [0.5, 0.6) is 0 Å². The van der Waals surface area contributed by atoms with Crippen LogP contribution in [0.2, 0.25) is 0 Å². The van der Waals surface area contributed by atoms with Gasteiger partial charge in [0, 0.05) is 18.0 Å². The van der Waals surface area contributed by atoms with Gasteiger partial charge in [-0.3, -0.25) is 0 Å². The molecule has 0 bridgehead atoms. The quantitative estimate of drug-likeness (QED) is 0.706. The molecule has 1 aliphatic rings. The van der Waals surface area contributed by atoms with Crippen molar-refractivity contribution in [3.05, 3.63) is 84.2 Å². The summed E-state index contributed by atoms with van der Waals surface area (Å²) in [4.78, 5) is 8.81. The summed E-state index contributed by atoms with van der Waals surface area (Å²) in [6.45, 7) is 0. The Kier molecular flexibility index (Phi) is 3.43. The number of hydrogen-bond acceptors (Lipinski definition) is 2. The van der Waals surface area contributed by atoms with Crippen molar-refractivity contribution in [3.8, 4) is 11.4 Å². The molecule has 0 amide bonds. The number of rotatable bonds is 4. The van der Waals surface area contributed by atoms with Crippen LogP contribution < -0.4 is 0 Å². The Hall–Kier alpha value is -2.48. The fraction of sp³-hybridized carbons (Fsp3) is 0.200. The fourth-order valence-corrected chi connectivity index (χ4v) is 3.22. The lowest BCUT2D eigenvalue weighted by Gasteiger charge is -2.08. The van der Waals surface area contributed by atoms with E-state index in [2.05, 4.69) is 64.6 Å². The minimum absolute atomic E-state index is 0.714. The largest absolute Gasteiger partial charge is 0.237 e. The Bertz CT molecular complexity index is 753. The molecule has 4 rings (SSSR count). The van der Waals surface area contributed by atoms with Crippen LogP contribution >= 0.6 is 0 Å². The molecule has 1 fully saturated rings.